The van der Waals surface area contributed by atoms with Crippen LogP contribution in [0.15, 0.2) is 22.7 Å². The van der Waals surface area contributed by atoms with E-state index in [-0.39, 0.29) is 17.8 Å². The number of hydrogen-bond acceptors (Lipinski definition) is 4. The molecular formula is C18H22FN3O2. The zero-order chi connectivity index (χ0) is 16.9. The van der Waals surface area contributed by atoms with E-state index in [0.717, 1.165) is 36.2 Å². The number of nitrogens with zero attached hydrogens (tertiary/aromatic N) is 2. The molecule has 3 rings (SSSR count). The number of amides is 1. The van der Waals surface area contributed by atoms with Gasteiger partial charge in [-0.3, -0.25) is 4.79 Å². The fourth-order valence-corrected chi connectivity index (χ4v) is 3.14. The highest BCUT2D eigenvalue weighted by molar-refractivity contribution is 5.76. The lowest BCUT2D eigenvalue weighted by atomic mass is 10.1. The molecule has 1 aliphatic carbocycles. The van der Waals surface area contributed by atoms with Crippen molar-refractivity contribution in [1.29, 1.82) is 0 Å². The predicted octanol–water partition coefficient (Wildman–Crippen LogP) is 3.29. The van der Waals surface area contributed by atoms with Gasteiger partial charge in [-0.2, -0.15) is 4.98 Å². The van der Waals surface area contributed by atoms with Gasteiger partial charge >= 0.3 is 0 Å². The normalized spacial score (nSPS) is 16.2. The van der Waals surface area contributed by atoms with Crippen LogP contribution in [0.5, 0.6) is 0 Å². The average molecular weight is 331 g/mol. The van der Waals surface area contributed by atoms with Gasteiger partial charge in [0.05, 0.1) is 6.04 Å². The van der Waals surface area contributed by atoms with Crippen LogP contribution in [0.4, 0.5) is 4.39 Å². The number of rotatable bonds is 7. The SMILES string of the molecule is CCCc1noc(CCCC(=O)NC2CCc3c(F)cccc32)n1. The Morgan fingerprint density at radius 2 is 2.29 bits per heavy atom. The van der Waals surface area contributed by atoms with Gasteiger partial charge in [-0.25, -0.2) is 4.39 Å². The molecule has 2 aromatic rings. The van der Waals surface area contributed by atoms with Gasteiger partial charge in [0.15, 0.2) is 5.82 Å². The zero-order valence-electron chi connectivity index (χ0n) is 13.8. The van der Waals surface area contributed by atoms with Crippen LogP contribution in [-0.2, 0) is 24.1 Å². The van der Waals surface area contributed by atoms with Crippen LogP contribution in [0.25, 0.3) is 0 Å². The van der Waals surface area contributed by atoms with Crippen LogP contribution in [0.1, 0.15) is 61.5 Å². The van der Waals surface area contributed by atoms with Gasteiger partial charge < -0.3 is 9.84 Å². The summed E-state index contributed by atoms with van der Waals surface area (Å²) < 4.78 is 18.9. The van der Waals surface area contributed by atoms with Gasteiger partial charge in [0.25, 0.3) is 0 Å². The van der Waals surface area contributed by atoms with Crippen molar-refractivity contribution in [2.75, 3.05) is 0 Å². The molecule has 24 heavy (non-hydrogen) atoms. The molecule has 0 fully saturated rings. The molecule has 1 heterocycles. The molecule has 6 heteroatoms. The monoisotopic (exact) mass is 331 g/mol. The predicted molar refractivity (Wildman–Crippen MR) is 86.8 cm³/mol. The Morgan fingerprint density at radius 1 is 1.42 bits per heavy atom. The molecule has 1 atom stereocenters. The molecule has 5 nitrogen and oxygen atoms in total. The molecular weight excluding hydrogens is 309 g/mol. The number of halogens is 1. The molecule has 1 amide bonds. The molecule has 1 aliphatic rings. The summed E-state index contributed by atoms with van der Waals surface area (Å²) in [7, 11) is 0. The van der Waals surface area contributed by atoms with E-state index in [0.29, 0.717) is 31.6 Å². The fraction of sp³-hybridized carbons (Fsp3) is 0.500. The van der Waals surface area contributed by atoms with E-state index in [9.17, 15) is 9.18 Å². The van der Waals surface area contributed by atoms with Crippen molar-refractivity contribution in [3.05, 3.63) is 46.9 Å². The maximum atomic E-state index is 13.7. The summed E-state index contributed by atoms with van der Waals surface area (Å²) in [5.74, 6) is 1.11. The molecule has 1 N–H and O–H groups in total. The van der Waals surface area contributed by atoms with Crippen molar-refractivity contribution < 1.29 is 13.7 Å². The Bertz CT molecular complexity index is 714. The van der Waals surface area contributed by atoms with Crippen LogP contribution < -0.4 is 5.32 Å². The quantitative estimate of drug-likeness (QED) is 0.845. The Balaban J connectivity index is 1.46. The maximum Gasteiger partial charge on any atom is 0.226 e. The van der Waals surface area contributed by atoms with E-state index in [1.54, 1.807) is 6.07 Å². The van der Waals surface area contributed by atoms with Gasteiger partial charge in [0, 0.05) is 19.3 Å². The van der Waals surface area contributed by atoms with E-state index < -0.39 is 0 Å². The minimum atomic E-state index is -0.177. The minimum Gasteiger partial charge on any atom is -0.349 e. The smallest absolute Gasteiger partial charge is 0.226 e. The van der Waals surface area contributed by atoms with E-state index in [2.05, 4.69) is 22.4 Å². The molecule has 0 radical (unpaired) electrons. The molecule has 1 aromatic heterocycles. The van der Waals surface area contributed by atoms with E-state index in [1.807, 2.05) is 6.07 Å². The number of nitrogens with one attached hydrogen (secondary N) is 1. The number of aryl methyl sites for hydroxylation is 2. The van der Waals surface area contributed by atoms with Crippen molar-refractivity contribution >= 4 is 5.91 Å². The first kappa shape index (κ1) is 16.6. The standard InChI is InChI=1S/C18H22FN3O2/c1-2-5-16-21-18(24-22-16)9-4-8-17(23)20-15-11-10-12-13(15)6-3-7-14(12)19/h3,6-7,15H,2,4-5,8-11H2,1H3,(H,20,23). The summed E-state index contributed by atoms with van der Waals surface area (Å²) in [6.45, 7) is 2.06. The Morgan fingerprint density at radius 3 is 3.12 bits per heavy atom. The maximum absolute atomic E-state index is 13.7. The van der Waals surface area contributed by atoms with E-state index in [1.165, 1.54) is 6.07 Å². The molecule has 0 saturated carbocycles. The van der Waals surface area contributed by atoms with Gasteiger partial charge in [0.2, 0.25) is 11.8 Å². The third-order valence-electron chi connectivity index (χ3n) is 4.33. The van der Waals surface area contributed by atoms with Gasteiger partial charge in [0.1, 0.15) is 5.82 Å². The Kier molecular flexibility index (Phi) is 5.23. The van der Waals surface area contributed by atoms with Gasteiger partial charge in [-0.05, 0) is 42.9 Å². The number of benzene rings is 1. The largest absolute Gasteiger partial charge is 0.349 e. The van der Waals surface area contributed by atoms with Crippen LogP contribution in [-0.4, -0.2) is 16.0 Å². The highest BCUT2D eigenvalue weighted by atomic mass is 19.1. The Labute approximate surface area is 140 Å². The first-order chi connectivity index (χ1) is 11.7. The second-order valence-corrected chi connectivity index (χ2v) is 6.17. The summed E-state index contributed by atoms with van der Waals surface area (Å²) in [4.78, 5) is 16.4. The molecule has 1 unspecified atom stereocenters. The van der Waals surface area contributed by atoms with Crippen molar-refractivity contribution in [2.24, 2.45) is 0 Å². The highest BCUT2D eigenvalue weighted by Crippen LogP contribution is 2.32. The van der Waals surface area contributed by atoms with Crippen LogP contribution in [0, 0.1) is 5.82 Å². The topological polar surface area (TPSA) is 68.0 Å². The third kappa shape index (κ3) is 3.80. The number of hydrogen-bond donors (Lipinski definition) is 1. The lowest BCUT2D eigenvalue weighted by Gasteiger charge is -2.14. The first-order valence-corrected chi connectivity index (χ1v) is 8.55. The first-order valence-electron chi connectivity index (χ1n) is 8.55. The fourth-order valence-electron chi connectivity index (χ4n) is 3.14. The highest BCUT2D eigenvalue weighted by Gasteiger charge is 2.25. The van der Waals surface area contributed by atoms with E-state index >= 15 is 0 Å². The zero-order valence-corrected chi connectivity index (χ0v) is 13.8. The number of carbonyl (C=O) groups excluding carboxylic acids is 1. The Hall–Kier alpha value is -2.24. The van der Waals surface area contributed by atoms with E-state index in [4.69, 9.17) is 4.52 Å². The number of fused-ring (bicyclic) bond motifs is 1. The van der Waals surface area contributed by atoms with Crippen molar-refractivity contribution in [1.82, 2.24) is 15.5 Å². The summed E-state index contributed by atoms with van der Waals surface area (Å²) >= 11 is 0. The lowest BCUT2D eigenvalue weighted by Crippen LogP contribution is -2.26. The summed E-state index contributed by atoms with van der Waals surface area (Å²) in [5.41, 5.74) is 1.64. The molecule has 1 aromatic carbocycles. The van der Waals surface area contributed by atoms with Gasteiger partial charge in [-0.1, -0.05) is 24.2 Å². The number of carbonyl (C=O) groups is 1. The summed E-state index contributed by atoms with van der Waals surface area (Å²) in [6.07, 6.45) is 4.86. The summed E-state index contributed by atoms with van der Waals surface area (Å²) in [6, 6.07) is 4.98. The molecule has 0 aliphatic heterocycles. The summed E-state index contributed by atoms with van der Waals surface area (Å²) in [5, 5.41) is 6.90. The van der Waals surface area contributed by atoms with Crippen LogP contribution in [0.2, 0.25) is 0 Å². The van der Waals surface area contributed by atoms with Crippen molar-refractivity contribution in [3.8, 4) is 0 Å². The average Bonchev–Trinajstić information content (AvgIpc) is 3.16. The van der Waals surface area contributed by atoms with Crippen molar-refractivity contribution in [3.63, 3.8) is 0 Å². The molecule has 0 saturated heterocycles. The second-order valence-electron chi connectivity index (χ2n) is 6.17. The van der Waals surface area contributed by atoms with Crippen LogP contribution in [0.3, 0.4) is 0 Å². The third-order valence-corrected chi connectivity index (χ3v) is 4.33. The van der Waals surface area contributed by atoms with Crippen molar-refractivity contribution in [2.45, 2.75) is 57.9 Å². The number of aromatic nitrogens is 2. The lowest BCUT2D eigenvalue weighted by molar-refractivity contribution is -0.121. The van der Waals surface area contributed by atoms with Crippen LogP contribution >= 0.6 is 0 Å². The minimum absolute atomic E-state index is 0.0228. The molecule has 0 spiro atoms. The molecule has 128 valence electrons. The second kappa shape index (κ2) is 7.55. The van der Waals surface area contributed by atoms with Gasteiger partial charge in [-0.15, -0.1) is 0 Å². The molecule has 0 bridgehead atoms.